The first-order valence-corrected chi connectivity index (χ1v) is 10.5. The van der Waals surface area contributed by atoms with Crippen molar-refractivity contribution in [1.82, 2.24) is 10.2 Å². The Bertz CT molecular complexity index is 1070. The van der Waals surface area contributed by atoms with Crippen LogP contribution >= 0.6 is 11.8 Å². The largest absolute Gasteiger partial charge is 0.497 e. The molecular formula is C22H20N2O7S. The van der Waals surface area contributed by atoms with Crippen LogP contribution in [0.1, 0.15) is 5.56 Å². The molecule has 2 aliphatic rings. The maximum atomic E-state index is 12.6. The molecule has 9 nitrogen and oxygen atoms in total. The fraction of sp³-hybridized carbons (Fsp3) is 0.227. The zero-order valence-corrected chi connectivity index (χ0v) is 18.0. The van der Waals surface area contributed by atoms with Crippen molar-refractivity contribution in [3.63, 3.8) is 0 Å². The Balaban J connectivity index is 1.25. The van der Waals surface area contributed by atoms with Crippen molar-refractivity contribution in [2.75, 3.05) is 33.6 Å². The van der Waals surface area contributed by atoms with Gasteiger partial charge in [-0.15, -0.1) is 0 Å². The zero-order chi connectivity index (χ0) is 22.5. The Morgan fingerprint density at radius 1 is 1.12 bits per heavy atom. The Labute approximate surface area is 188 Å². The van der Waals surface area contributed by atoms with Gasteiger partial charge in [0, 0.05) is 13.1 Å². The van der Waals surface area contributed by atoms with Crippen LogP contribution in [0.4, 0.5) is 4.79 Å². The first-order valence-electron chi connectivity index (χ1n) is 9.72. The van der Waals surface area contributed by atoms with E-state index in [2.05, 4.69) is 5.32 Å². The molecule has 2 aromatic rings. The van der Waals surface area contributed by atoms with Crippen LogP contribution < -0.4 is 24.3 Å². The Kier molecular flexibility index (Phi) is 6.50. The summed E-state index contributed by atoms with van der Waals surface area (Å²) in [6.45, 7) is 0.169. The monoisotopic (exact) mass is 456 g/mol. The molecule has 0 saturated carbocycles. The molecule has 2 aromatic carbocycles. The summed E-state index contributed by atoms with van der Waals surface area (Å²) in [6.07, 6.45) is 1.63. The lowest BCUT2D eigenvalue weighted by Gasteiger charge is -2.13. The lowest BCUT2D eigenvalue weighted by molar-refractivity contribution is -0.125. The number of rotatable bonds is 8. The van der Waals surface area contributed by atoms with Crippen LogP contribution in [0, 0.1) is 0 Å². The van der Waals surface area contributed by atoms with E-state index in [1.165, 1.54) is 0 Å². The topological polar surface area (TPSA) is 103 Å². The van der Waals surface area contributed by atoms with Gasteiger partial charge >= 0.3 is 0 Å². The van der Waals surface area contributed by atoms with Gasteiger partial charge < -0.3 is 24.3 Å². The number of imide groups is 1. The van der Waals surface area contributed by atoms with Gasteiger partial charge in [0.05, 0.1) is 12.0 Å². The zero-order valence-electron chi connectivity index (χ0n) is 17.2. The summed E-state index contributed by atoms with van der Waals surface area (Å²) in [4.78, 5) is 38.3. The van der Waals surface area contributed by atoms with E-state index in [1.54, 1.807) is 55.7 Å². The van der Waals surface area contributed by atoms with Crippen molar-refractivity contribution >= 4 is 34.9 Å². The molecule has 0 aromatic heterocycles. The number of amides is 3. The number of nitrogens with one attached hydrogen (secondary N) is 1. The molecule has 4 rings (SSSR count). The van der Waals surface area contributed by atoms with Crippen LogP contribution in [0.2, 0.25) is 0 Å². The summed E-state index contributed by atoms with van der Waals surface area (Å²) in [5, 5.41) is 2.26. The number of nitrogens with zero attached hydrogens (tertiary/aromatic N) is 1. The maximum Gasteiger partial charge on any atom is 0.293 e. The van der Waals surface area contributed by atoms with E-state index in [-0.39, 0.29) is 37.6 Å². The number of carbonyl (C=O) groups is 3. The second kappa shape index (κ2) is 9.65. The van der Waals surface area contributed by atoms with Crippen molar-refractivity contribution in [3.05, 3.63) is 52.9 Å². The van der Waals surface area contributed by atoms with Gasteiger partial charge in [0.25, 0.3) is 17.1 Å². The van der Waals surface area contributed by atoms with Gasteiger partial charge in [-0.05, 0) is 59.8 Å². The Hall–Kier alpha value is -3.66. The quantitative estimate of drug-likeness (QED) is 0.605. The van der Waals surface area contributed by atoms with Gasteiger partial charge in [-0.3, -0.25) is 19.3 Å². The second-order valence-electron chi connectivity index (χ2n) is 6.76. The third-order valence-corrected chi connectivity index (χ3v) is 5.56. The molecule has 0 radical (unpaired) electrons. The number of hydrogen-bond donors (Lipinski definition) is 1. The predicted octanol–water partition coefficient (Wildman–Crippen LogP) is 2.66. The molecule has 2 heterocycles. The van der Waals surface area contributed by atoms with Gasteiger partial charge in [-0.2, -0.15) is 0 Å². The fourth-order valence-corrected chi connectivity index (χ4v) is 3.89. The van der Waals surface area contributed by atoms with Crippen LogP contribution in [0.5, 0.6) is 23.0 Å². The summed E-state index contributed by atoms with van der Waals surface area (Å²) >= 11 is 0.858. The lowest BCUT2D eigenvalue weighted by atomic mass is 10.2. The van der Waals surface area contributed by atoms with E-state index in [0.29, 0.717) is 27.9 Å². The van der Waals surface area contributed by atoms with E-state index in [9.17, 15) is 14.4 Å². The number of ether oxygens (including phenoxy) is 4. The highest BCUT2D eigenvalue weighted by molar-refractivity contribution is 8.18. The second-order valence-corrected chi connectivity index (χ2v) is 7.75. The molecule has 1 saturated heterocycles. The lowest BCUT2D eigenvalue weighted by Crippen LogP contribution is -2.38. The molecule has 0 unspecified atom stereocenters. The van der Waals surface area contributed by atoms with Gasteiger partial charge in [-0.25, -0.2) is 0 Å². The molecule has 1 fully saturated rings. The van der Waals surface area contributed by atoms with Crippen LogP contribution in [-0.2, 0) is 9.59 Å². The summed E-state index contributed by atoms with van der Waals surface area (Å²) in [6, 6.07) is 12.1. The normalized spacial score (nSPS) is 15.9. The number of hydrogen-bond acceptors (Lipinski definition) is 8. The van der Waals surface area contributed by atoms with Gasteiger partial charge in [-0.1, -0.05) is 6.07 Å². The number of methoxy groups -OCH3 is 1. The molecule has 166 valence electrons. The molecule has 0 atom stereocenters. The summed E-state index contributed by atoms with van der Waals surface area (Å²) in [7, 11) is 1.56. The number of fused-ring (bicyclic) bond motifs is 1. The van der Waals surface area contributed by atoms with Crippen LogP contribution in [-0.4, -0.2) is 55.6 Å². The summed E-state index contributed by atoms with van der Waals surface area (Å²) in [5.74, 6) is 1.69. The standard InChI is InChI=1S/C22H20N2O7S/c1-28-15-3-5-16(6-4-15)29-12-20(25)23-8-9-24-21(26)19(32-22(24)27)11-14-2-7-17-18(10-14)31-13-30-17/h2-7,10-11H,8-9,12-13H2,1H3,(H,23,25). The van der Waals surface area contributed by atoms with Crippen molar-refractivity contribution in [2.24, 2.45) is 0 Å². The third kappa shape index (κ3) is 4.97. The maximum absolute atomic E-state index is 12.6. The number of carbonyl (C=O) groups excluding carboxylic acids is 3. The molecule has 10 heteroatoms. The minimum absolute atomic E-state index is 0.0669. The highest BCUT2D eigenvalue weighted by Gasteiger charge is 2.34. The van der Waals surface area contributed by atoms with Crippen molar-refractivity contribution < 1.29 is 33.3 Å². The third-order valence-electron chi connectivity index (χ3n) is 4.65. The molecule has 32 heavy (non-hydrogen) atoms. The highest BCUT2D eigenvalue weighted by atomic mass is 32.2. The number of benzene rings is 2. The molecule has 3 amide bonds. The molecule has 0 spiro atoms. The fourth-order valence-electron chi connectivity index (χ4n) is 3.03. The summed E-state index contributed by atoms with van der Waals surface area (Å²) < 4.78 is 21.1. The van der Waals surface area contributed by atoms with Crippen LogP contribution in [0.3, 0.4) is 0 Å². The van der Waals surface area contributed by atoms with Crippen molar-refractivity contribution in [1.29, 1.82) is 0 Å². The van der Waals surface area contributed by atoms with Crippen molar-refractivity contribution in [3.8, 4) is 23.0 Å². The van der Waals surface area contributed by atoms with E-state index in [0.717, 1.165) is 22.2 Å². The molecule has 2 aliphatic heterocycles. The van der Waals surface area contributed by atoms with E-state index < -0.39 is 5.91 Å². The molecule has 1 N–H and O–H groups in total. The predicted molar refractivity (Wildman–Crippen MR) is 117 cm³/mol. The Morgan fingerprint density at radius 2 is 1.88 bits per heavy atom. The Morgan fingerprint density at radius 3 is 2.66 bits per heavy atom. The molecular weight excluding hydrogens is 436 g/mol. The van der Waals surface area contributed by atoms with E-state index in [1.807, 2.05) is 0 Å². The van der Waals surface area contributed by atoms with Crippen molar-refractivity contribution in [2.45, 2.75) is 0 Å². The van der Waals surface area contributed by atoms with Crippen LogP contribution in [0.15, 0.2) is 47.4 Å². The van der Waals surface area contributed by atoms with Gasteiger partial charge in [0.15, 0.2) is 18.1 Å². The highest BCUT2D eigenvalue weighted by Crippen LogP contribution is 2.36. The first-order chi connectivity index (χ1) is 15.5. The van der Waals surface area contributed by atoms with E-state index >= 15 is 0 Å². The van der Waals surface area contributed by atoms with E-state index in [4.69, 9.17) is 18.9 Å². The smallest absolute Gasteiger partial charge is 0.293 e. The van der Waals surface area contributed by atoms with Crippen LogP contribution in [0.25, 0.3) is 6.08 Å². The minimum Gasteiger partial charge on any atom is -0.497 e. The average Bonchev–Trinajstić information content (AvgIpc) is 3.37. The SMILES string of the molecule is COc1ccc(OCC(=O)NCCN2C(=O)SC(=Cc3ccc4c(c3)OCO4)C2=O)cc1. The van der Waals surface area contributed by atoms with Gasteiger partial charge in [0.1, 0.15) is 11.5 Å². The summed E-state index contributed by atoms with van der Waals surface area (Å²) in [5.41, 5.74) is 0.726. The molecule has 0 aliphatic carbocycles. The molecule has 0 bridgehead atoms. The first kappa shape index (κ1) is 21.6. The minimum atomic E-state index is -0.401. The number of thioether (sulfide) groups is 1. The average molecular weight is 456 g/mol. The van der Waals surface area contributed by atoms with Gasteiger partial charge in [0.2, 0.25) is 6.79 Å².